The van der Waals surface area contributed by atoms with Crippen molar-refractivity contribution in [1.29, 1.82) is 0 Å². The molecule has 0 radical (unpaired) electrons. The molecule has 0 bridgehead atoms. The maximum atomic E-state index is 10.8. The number of hydrogen-bond donors (Lipinski definition) is 1. The Kier molecular flexibility index (Phi) is 4.65. The van der Waals surface area contributed by atoms with Gasteiger partial charge in [-0.3, -0.25) is 0 Å². The molecule has 2 aromatic rings. The molecule has 2 rings (SSSR count). The smallest absolute Gasteiger partial charge is 0.427 e. The Bertz CT molecular complexity index is 653. The molecule has 0 saturated heterocycles. The molecule has 1 amide bonds. The van der Waals surface area contributed by atoms with E-state index in [1.54, 1.807) is 30.3 Å². The molecule has 1 heterocycles. The van der Waals surface area contributed by atoms with Gasteiger partial charge in [-0.1, -0.05) is 23.2 Å². The Morgan fingerprint density at radius 1 is 1.30 bits per heavy atom. The van der Waals surface area contributed by atoms with Crippen LogP contribution in [0.4, 0.5) is 4.79 Å². The number of hydrogen-bond acceptors (Lipinski definition) is 4. The van der Waals surface area contributed by atoms with E-state index in [2.05, 4.69) is 15.3 Å². The van der Waals surface area contributed by atoms with Crippen LogP contribution < -0.4 is 5.43 Å². The van der Waals surface area contributed by atoms with Gasteiger partial charge in [0.25, 0.3) is 0 Å². The quantitative estimate of drug-likeness (QED) is 0.689. The van der Waals surface area contributed by atoms with Gasteiger partial charge in [0.05, 0.1) is 23.4 Å². The van der Waals surface area contributed by atoms with Gasteiger partial charge in [-0.05, 0) is 30.3 Å². The van der Waals surface area contributed by atoms with E-state index in [-0.39, 0.29) is 0 Å². The molecule has 0 unspecified atom stereocenters. The largest absolute Gasteiger partial charge is 0.455 e. The number of halogens is 2. The van der Waals surface area contributed by atoms with Crippen molar-refractivity contribution in [3.63, 3.8) is 0 Å². The van der Waals surface area contributed by atoms with E-state index < -0.39 is 6.09 Å². The molecule has 0 spiro atoms. The van der Waals surface area contributed by atoms with Crippen LogP contribution in [0.15, 0.2) is 39.9 Å². The van der Waals surface area contributed by atoms with Gasteiger partial charge in [-0.2, -0.15) is 5.10 Å². The number of nitrogens with one attached hydrogen (secondary N) is 1. The van der Waals surface area contributed by atoms with E-state index in [4.69, 9.17) is 27.6 Å². The second kappa shape index (κ2) is 6.45. The normalized spacial score (nSPS) is 10.8. The van der Waals surface area contributed by atoms with Crippen molar-refractivity contribution < 1.29 is 13.9 Å². The van der Waals surface area contributed by atoms with Crippen LogP contribution in [0, 0.1) is 0 Å². The molecule has 0 aliphatic carbocycles. The van der Waals surface area contributed by atoms with Crippen molar-refractivity contribution in [2.75, 3.05) is 7.11 Å². The number of methoxy groups -OCH3 is 1. The van der Waals surface area contributed by atoms with Crippen molar-refractivity contribution in [2.45, 2.75) is 0 Å². The summed E-state index contributed by atoms with van der Waals surface area (Å²) in [5.41, 5.74) is 2.95. The molecule has 5 nitrogen and oxygen atoms in total. The fourth-order valence-electron chi connectivity index (χ4n) is 1.42. The van der Waals surface area contributed by atoms with Gasteiger partial charge in [0.2, 0.25) is 0 Å². The van der Waals surface area contributed by atoms with E-state index in [0.29, 0.717) is 21.6 Å². The number of carbonyl (C=O) groups is 1. The third kappa shape index (κ3) is 3.53. The van der Waals surface area contributed by atoms with Crippen molar-refractivity contribution in [3.8, 4) is 11.3 Å². The highest BCUT2D eigenvalue weighted by Crippen LogP contribution is 2.29. The number of amides is 1. The summed E-state index contributed by atoms with van der Waals surface area (Å²) in [6.45, 7) is 0. The molecule has 1 aromatic heterocycles. The average molecular weight is 313 g/mol. The van der Waals surface area contributed by atoms with Crippen molar-refractivity contribution in [2.24, 2.45) is 5.10 Å². The minimum Gasteiger partial charge on any atom is -0.455 e. The minimum atomic E-state index is -0.655. The molecule has 0 atom stereocenters. The zero-order valence-electron chi connectivity index (χ0n) is 10.4. The van der Waals surface area contributed by atoms with Gasteiger partial charge in [0, 0.05) is 5.56 Å². The first-order valence-electron chi connectivity index (χ1n) is 5.52. The molecule has 1 N–H and O–H groups in total. The lowest BCUT2D eigenvalue weighted by Gasteiger charge is -1.99. The van der Waals surface area contributed by atoms with Crippen LogP contribution in [0.3, 0.4) is 0 Å². The molecule has 20 heavy (non-hydrogen) atoms. The standard InChI is InChI=1S/C13H10Cl2N2O3/c1-19-13(18)17-16-7-9-3-5-12(20-9)8-2-4-10(14)11(15)6-8/h2-7H,1H3,(H,17,18)/b16-7+. The zero-order valence-corrected chi connectivity index (χ0v) is 11.9. The van der Waals surface area contributed by atoms with Crippen LogP contribution >= 0.6 is 23.2 Å². The summed E-state index contributed by atoms with van der Waals surface area (Å²) >= 11 is 11.8. The third-order valence-electron chi connectivity index (χ3n) is 2.36. The van der Waals surface area contributed by atoms with E-state index >= 15 is 0 Å². The number of furan rings is 1. The average Bonchev–Trinajstić information content (AvgIpc) is 2.90. The number of hydrazone groups is 1. The lowest BCUT2D eigenvalue weighted by molar-refractivity contribution is 0.171. The summed E-state index contributed by atoms with van der Waals surface area (Å²) < 4.78 is 9.90. The van der Waals surface area contributed by atoms with Gasteiger partial charge in [-0.25, -0.2) is 10.2 Å². The van der Waals surface area contributed by atoms with Crippen LogP contribution in [-0.4, -0.2) is 19.4 Å². The third-order valence-corrected chi connectivity index (χ3v) is 3.10. The topological polar surface area (TPSA) is 63.8 Å². The Balaban J connectivity index is 2.12. The molecule has 0 aliphatic rings. The Morgan fingerprint density at radius 2 is 2.10 bits per heavy atom. The first-order valence-corrected chi connectivity index (χ1v) is 6.28. The first kappa shape index (κ1) is 14.4. The molecule has 104 valence electrons. The summed E-state index contributed by atoms with van der Waals surface area (Å²) in [6.07, 6.45) is 0.704. The van der Waals surface area contributed by atoms with Crippen LogP contribution in [-0.2, 0) is 4.74 Å². The van der Waals surface area contributed by atoms with Crippen LogP contribution in [0.1, 0.15) is 5.76 Å². The SMILES string of the molecule is COC(=O)N/N=C/c1ccc(-c2ccc(Cl)c(Cl)c2)o1. The Labute approximate surface area is 125 Å². The van der Waals surface area contributed by atoms with Gasteiger partial charge in [0.15, 0.2) is 0 Å². The predicted molar refractivity (Wildman–Crippen MR) is 77.3 cm³/mol. The summed E-state index contributed by atoms with van der Waals surface area (Å²) in [5.74, 6) is 1.09. The zero-order chi connectivity index (χ0) is 14.5. The maximum absolute atomic E-state index is 10.8. The molecule has 7 heteroatoms. The van der Waals surface area contributed by atoms with Gasteiger partial charge in [0.1, 0.15) is 11.5 Å². The van der Waals surface area contributed by atoms with Gasteiger partial charge in [-0.15, -0.1) is 0 Å². The number of ether oxygens (including phenoxy) is 1. The fourth-order valence-corrected chi connectivity index (χ4v) is 1.72. The Morgan fingerprint density at radius 3 is 2.80 bits per heavy atom. The van der Waals surface area contributed by atoms with Crippen molar-refractivity contribution in [3.05, 3.63) is 46.1 Å². The number of benzene rings is 1. The van der Waals surface area contributed by atoms with Gasteiger partial charge >= 0.3 is 6.09 Å². The number of nitrogens with zero attached hydrogens (tertiary/aromatic N) is 1. The fraction of sp³-hybridized carbons (Fsp3) is 0.0769. The number of carbonyl (C=O) groups excluding carboxylic acids is 1. The van der Waals surface area contributed by atoms with Crippen molar-refractivity contribution >= 4 is 35.5 Å². The molecule has 0 saturated carbocycles. The van der Waals surface area contributed by atoms with Crippen molar-refractivity contribution in [1.82, 2.24) is 5.43 Å². The molecule has 0 aliphatic heterocycles. The minimum absolute atomic E-state index is 0.447. The molecular formula is C13H10Cl2N2O3. The first-order chi connectivity index (χ1) is 9.60. The highest BCUT2D eigenvalue weighted by molar-refractivity contribution is 6.42. The molecule has 0 fully saturated rings. The lowest BCUT2D eigenvalue weighted by atomic mass is 10.2. The van der Waals surface area contributed by atoms with Gasteiger partial charge < -0.3 is 9.15 Å². The number of rotatable bonds is 3. The van der Waals surface area contributed by atoms with E-state index in [0.717, 1.165) is 5.56 Å². The summed E-state index contributed by atoms with van der Waals surface area (Å²) in [6, 6.07) is 8.66. The molecular weight excluding hydrogens is 303 g/mol. The van der Waals surface area contributed by atoms with Crippen LogP contribution in [0.25, 0.3) is 11.3 Å². The summed E-state index contributed by atoms with van der Waals surface area (Å²) in [4.78, 5) is 10.8. The summed E-state index contributed by atoms with van der Waals surface area (Å²) in [7, 11) is 1.25. The van der Waals surface area contributed by atoms with E-state index in [1.807, 2.05) is 0 Å². The maximum Gasteiger partial charge on any atom is 0.427 e. The predicted octanol–water partition coefficient (Wildman–Crippen LogP) is 3.94. The Hall–Kier alpha value is -1.98. The lowest BCUT2D eigenvalue weighted by Crippen LogP contribution is -2.16. The monoisotopic (exact) mass is 312 g/mol. The van der Waals surface area contributed by atoms with E-state index in [9.17, 15) is 4.79 Å². The second-order valence-corrected chi connectivity index (χ2v) is 4.51. The van der Waals surface area contributed by atoms with Crippen LogP contribution in [0.5, 0.6) is 0 Å². The highest BCUT2D eigenvalue weighted by Gasteiger charge is 2.06. The van der Waals surface area contributed by atoms with E-state index in [1.165, 1.54) is 13.3 Å². The highest BCUT2D eigenvalue weighted by atomic mass is 35.5. The summed E-state index contributed by atoms with van der Waals surface area (Å²) in [5, 5.41) is 4.59. The van der Waals surface area contributed by atoms with Crippen LogP contribution in [0.2, 0.25) is 10.0 Å². The second-order valence-electron chi connectivity index (χ2n) is 3.69. The molecule has 1 aromatic carbocycles.